The SMILES string of the molecule is [CH][C@@H]1O[C@H](CO)[C@H](O)C1NC(=O)c1cccc(OC)c1. The maximum Gasteiger partial charge on any atom is 0.251 e. The van der Waals surface area contributed by atoms with Crippen molar-refractivity contribution in [3.8, 4) is 5.75 Å². The highest BCUT2D eigenvalue weighted by Crippen LogP contribution is 2.21. The molecule has 1 saturated heterocycles. The van der Waals surface area contributed by atoms with E-state index in [9.17, 15) is 9.90 Å². The quantitative estimate of drug-likeness (QED) is 0.699. The molecule has 1 aromatic carbocycles. The first-order valence-electron chi connectivity index (χ1n) is 6.21. The van der Waals surface area contributed by atoms with E-state index in [0.29, 0.717) is 11.3 Å². The van der Waals surface area contributed by atoms with Crippen LogP contribution in [0, 0.1) is 6.92 Å². The average Bonchev–Trinajstić information content (AvgIpc) is 2.74. The smallest absolute Gasteiger partial charge is 0.251 e. The Morgan fingerprint density at radius 1 is 1.55 bits per heavy atom. The summed E-state index contributed by atoms with van der Waals surface area (Å²) in [5.74, 6) is 0.156. The molecule has 0 spiro atoms. The third-order valence-electron chi connectivity index (χ3n) is 3.24. The molecule has 1 aromatic rings. The van der Waals surface area contributed by atoms with E-state index < -0.39 is 30.3 Å². The molecule has 6 heteroatoms. The molecule has 2 rings (SSSR count). The van der Waals surface area contributed by atoms with Crippen LogP contribution in [0.2, 0.25) is 0 Å². The van der Waals surface area contributed by atoms with Crippen LogP contribution in [0.5, 0.6) is 5.75 Å². The van der Waals surface area contributed by atoms with E-state index in [-0.39, 0.29) is 6.61 Å². The minimum absolute atomic E-state index is 0.361. The maximum absolute atomic E-state index is 12.1. The van der Waals surface area contributed by atoms with E-state index in [1.807, 2.05) is 0 Å². The van der Waals surface area contributed by atoms with Gasteiger partial charge in [-0.2, -0.15) is 0 Å². The number of ether oxygens (including phenoxy) is 2. The van der Waals surface area contributed by atoms with E-state index in [2.05, 4.69) is 5.32 Å². The number of carbonyl (C=O) groups excluding carboxylic acids is 1. The molecule has 0 saturated carbocycles. The molecule has 4 atom stereocenters. The van der Waals surface area contributed by atoms with Crippen molar-refractivity contribution in [3.05, 3.63) is 36.8 Å². The van der Waals surface area contributed by atoms with Gasteiger partial charge in [-0.15, -0.1) is 0 Å². The summed E-state index contributed by atoms with van der Waals surface area (Å²) in [6, 6.07) is 5.83. The molecule has 3 N–H and O–H groups in total. The number of carbonyl (C=O) groups is 1. The van der Waals surface area contributed by atoms with Crippen LogP contribution in [0.25, 0.3) is 0 Å². The third-order valence-corrected chi connectivity index (χ3v) is 3.24. The second-order valence-corrected chi connectivity index (χ2v) is 4.54. The molecule has 6 nitrogen and oxygen atoms in total. The standard InChI is InChI=1S/C14H17NO5/c1-8-12(13(17)11(7-16)20-8)15-14(18)9-4-3-5-10(6-9)19-2/h1,3-6,8,11-13,16-17H,7H2,2H3,(H,15,18)/t8-,11+,12?,13-/m0/s1. The van der Waals surface area contributed by atoms with Crippen molar-refractivity contribution in [3.63, 3.8) is 0 Å². The van der Waals surface area contributed by atoms with Gasteiger partial charge in [-0.05, 0) is 25.1 Å². The molecule has 108 valence electrons. The molecule has 0 bridgehead atoms. The maximum atomic E-state index is 12.1. The number of nitrogens with one attached hydrogen (secondary N) is 1. The van der Waals surface area contributed by atoms with Crippen LogP contribution in [0.4, 0.5) is 0 Å². The first kappa shape index (κ1) is 14.8. The minimum Gasteiger partial charge on any atom is -0.497 e. The molecular formula is C14H17NO5. The summed E-state index contributed by atoms with van der Waals surface area (Å²) < 4.78 is 10.2. The van der Waals surface area contributed by atoms with Gasteiger partial charge in [-0.3, -0.25) is 4.79 Å². The van der Waals surface area contributed by atoms with Crippen molar-refractivity contribution in [1.29, 1.82) is 0 Å². The monoisotopic (exact) mass is 279 g/mol. The summed E-state index contributed by atoms with van der Waals surface area (Å²) in [4.78, 5) is 12.1. The summed E-state index contributed by atoms with van der Waals surface area (Å²) in [6.07, 6.45) is -2.71. The third kappa shape index (κ3) is 2.92. The van der Waals surface area contributed by atoms with Crippen molar-refractivity contribution in [2.75, 3.05) is 13.7 Å². The summed E-state index contributed by atoms with van der Waals surface area (Å²) >= 11 is 0. The second kappa shape index (κ2) is 6.21. The number of rotatable bonds is 4. The second-order valence-electron chi connectivity index (χ2n) is 4.54. The van der Waals surface area contributed by atoms with E-state index in [0.717, 1.165) is 0 Å². The van der Waals surface area contributed by atoms with Gasteiger partial charge >= 0.3 is 0 Å². The Balaban J connectivity index is 2.07. The van der Waals surface area contributed by atoms with Gasteiger partial charge in [0.05, 0.1) is 25.9 Å². The molecular weight excluding hydrogens is 262 g/mol. The highest BCUT2D eigenvalue weighted by Gasteiger charge is 2.41. The van der Waals surface area contributed by atoms with Crippen LogP contribution in [0.1, 0.15) is 10.4 Å². The summed E-state index contributed by atoms with van der Waals surface area (Å²) in [7, 11) is 1.51. The number of benzene rings is 1. The summed E-state index contributed by atoms with van der Waals surface area (Å²) in [5.41, 5.74) is 0.385. The highest BCUT2D eigenvalue weighted by atomic mass is 16.5. The highest BCUT2D eigenvalue weighted by molar-refractivity contribution is 5.94. The zero-order valence-corrected chi connectivity index (χ0v) is 11.0. The number of aliphatic hydroxyl groups excluding tert-OH is 2. The predicted octanol–water partition coefficient (Wildman–Crippen LogP) is -0.375. The Kier molecular flexibility index (Phi) is 4.59. The first-order valence-corrected chi connectivity index (χ1v) is 6.21. The minimum atomic E-state index is -1.05. The lowest BCUT2D eigenvalue weighted by molar-refractivity contribution is -0.0114. The fraction of sp³-hybridized carbons (Fsp3) is 0.429. The Labute approximate surface area is 117 Å². The van der Waals surface area contributed by atoms with Crippen LogP contribution in [-0.2, 0) is 4.74 Å². The summed E-state index contributed by atoms with van der Waals surface area (Å²) in [5, 5.41) is 21.5. The van der Waals surface area contributed by atoms with E-state index in [1.165, 1.54) is 7.11 Å². The number of hydrogen-bond donors (Lipinski definition) is 3. The Morgan fingerprint density at radius 3 is 2.90 bits per heavy atom. The van der Waals surface area contributed by atoms with Crippen LogP contribution in [0.15, 0.2) is 24.3 Å². The average molecular weight is 279 g/mol. The molecule has 1 heterocycles. The topological polar surface area (TPSA) is 88.0 Å². The fourth-order valence-electron chi connectivity index (χ4n) is 2.11. The van der Waals surface area contributed by atoms with Gasteiger partial charge in [0.2, 0.25) is 0 Å². The molecule has 0 aliphatic carbocycles. The first-order chi connectivity index (χ1) is 9.56. The Hall–Kier alpha value is -1.63. The van der Waals surface area contributed by atoms with Crippen LogP contribution >= 0.6 is 0 Å². The molecule has 1 unspecified atom stereocenters. The van der Waals surface area contributed by atoms with Gasteiger partial charge in [0.1, 0.15) is 18.0 Å². The lowest BCUT2D eigenvalue weighted by atomic mass is 10.0. The number of aliphatic hydroxyl groups is 2. The number of amides is 1. The van der Waals surface area contributed by atoms with Crippen LogP contribution < -0.4 is 10.1 Å². The van der Waals surface area contributed by atoms with Gasteiger partial charge in [0, 0.05) is 5.56 Å². The van der Waals surface area contributed by atoms with Gasteiger partial charge < -0.3 is 25.0 Å². The van der Waals surface area contributed by atoms with E-state index >= 15 is 0 Å². The molecule has 1 aliphatic heterocycles. The summed E-state index contributed by atoms with van der Waals surface area (Å²) in [6.45, 7) is 5.32. The lowest BCUT2D eigenvalue weighted by Gasteiger charge is -2.19. The zero-order valence-electron chi connectivity index (χ0n) is 11.0. The Morgan fingerprint density at radius 2 is 2.30 bits per heavy atom. The number of methoxy groups -OCH3 is 1. The zero-order chi connectivity index (χ0) is 14.7. The normalized spacial score (nSPS) is 29.2. The molecule has 1 aliphatic rings. The Bertz CT molecular complexity index is 478. The van der Waals surface area contributed by atoms with Crippen molar-refractivity contribution in [2.24, 2.45) is 0 Å². The van der Waals surface area contributed by atoms with Gasteiger partial charge in [0.25, 0.3) is 5.91 Å². The molecule has 2 radical (unpaired) electrons. The van der Waals surface area contributed by atoms with Crippen molar-refractivity contribution in [2.45, 2.75) is 24.4 Å². The van der Waals surface area contributed by atoms with Crippen molar-refractivity contribution < 1.29 is 24.5 Å². The van der Waals surface area contributed by atoms with E-state index in [4.69, 9.17) is 21.5 Å². The molecule has 0 aromatic heterocycles. The number of hydrogen-bond acceptors (Lipinski definition) is 5. The van der Waals surface area contributed by atoms with Gasteiger partial charge in [-0.1, -0.05) is 6.07 Å². The van der Waals surface area contributed by atoms with Crippen molar-refractivity contribution in [1.82, 2.24) is 5.32 Å². The largest absolute Gasteiger partial charge is 0.497 e. The predicted molar refractivity (Wildman–Crippen MR) is 70.3 cm³/mol. The molecule has 1 amide bonds. The van der Waals surface area contributed by atoms with Gasteiger partial charge in [-0.25, -0.2) is 0 Å². The van der Waals surface area contributed by atoms with Gasteiger partial charge in [0.15, 0.2) is 0 Å². The van der Waals surface area contributed by atoms with Crippen molar-refractivity contribution >= 4 is 5.91 Å². The fourth-order valence-corrected chi connectivity index (χ4v) is 2.11. The molecule has 1 fully saturated rings. The lowest BCUT2D eigenvalue weighted by Crippen LogP contribution is -2.47. The van der Waals surface area contributed by atoms with E-state index in [1.54, 1.807) is 24.3 Å². The van der Waals surface area contributed by atoms with Crippen LogP contribution in [0.3, 0.4) is 0 Å². The van der Waals surface area contributed by atoms with Crippen LogP contribution in [-0.4, -0.2) is 54.2 Å². The molecule has 20 heavy (non-hydrogen) atoms.